The van der Waals surface area contributed by atoms with Crippen molar-refractivity contribution >= 4 is 15.8 Å². The van der Waals surface area contributed by atoms with E-state index in [1.54, 1.807) is 0 Å². The summed E-state index contributed by atoms with van der Waals surface area (Å²) < 4.78 is 22.7. The second-order valence-electron chi connectivity index (χ2n) is 4.77. The van der Waals surface area contributed by atoms with Crippen LogP contribution in [0.5, 0.6) is 0 Å². The van der Waals surface area contributed by atoms with Gasteiger partial charge in [-0.2, -0.15) is 0 Å². The monoisotopic (exact) mass is 231 g/mol. The first-order valence-electron chi connectivity index (χ1n) is 5.20. The van der Waals surface area contributed by atoms with Gasteiger partial charge in [-0.05, 0) is 26.2 Å². The molecule has 0 aromatic carbocycles. The van der Waals surface area contributed by atoms with E-state index in [1.807, 2.05) is 6.92 Å². The molecule has 2 fully saturated rings. The third-order valence-corrected chi connectivity index (χ3v) is 4.70. The lowest BCUT2D eigenvalue weighted by Crippen LogP contribution is -2.50. The van der Waals surface area contributed by atoms with Crippen molar-refractivity contribution < 1.29 is 8.42 Å². The summed E-state index contributed by atoms with van der Waals surface area (Å²) in [6, 6.07) is 0.360. The Hall–Kier alpha value is -0.780. The summed E-state index contributed by atoms with van der Waals surface area (Å²) in [5, 5.41) is 3.03. The predicted octanol–water partition coefficient (Wildman–Crippen LogP) is -0.370. The number of nitrogens with one attached hydrogen (secondary N) is 1. The largest absolute Gasteiger partial charge is 0.370 e. The molecule has 1 aliphatic heterocycles. The van der Waals surface area contributed by atoms with E-state index < -0.39 is 15.4 Å². The molecule has 1 saturated carbocycles. The van der Waals surface area contributed by atoms with Gasteiger partial charge in [0.25, 0.3) is 0 Å². The number of aliphatic imine (C=N–C) groups is 1. The van der Waals surface area contributed by atoms with E-state index in [-0.39, 0.29) is 11.5 Å². The summed E-state index contributed by atoms with van der Waals surface area (Å²) in [5.74, 6) is 0.783. The number of guanidine groups is 1. The Bertz CT molecular complexity index is 386. The van der Waals surface area contributed by atoms with Gasteiger partial charge in [0, 0.05) is 0 Å². The zero-order valence-electron chi connectivity index (χ0n) is 8.86. The molecule has 0 spiro atoms. The molecule has 5 nitrogen and oxygen atoms in total. The van der Waals surface area contributed by atoms with Crippen molar-refractivity contribution in [2.45, 2.75) is 37.8 Å². The van der Waals surface area contributed by atoms with E-state index in [4.69, 9.17) is 5.73 Å². The molecule has 1 saturated heterocycles. The SMILES string of the molecule is CC1(NC(N)=NC2CC2)CCS(=O)(=O)C1. The minimum absolute atomic E-state index is 0.154. The second kappa shape index (κ2) is 3.37. The molecule has 0 radical (unpaired) electrons. The van der Waals surface area contributed by atoms with Gasteiger partial charge in [-0.3, -0.25) is 4.99 Å². The number of sulfone groups is 1. The molecule has 2 aliphatic rings. The molecular weight excluding hydrogens is 214 g/mol. The van der Waals surface area contributed by atoms with Gasteiger partial charge in [0.2, 0.25) is 0 Å². The van der Waals surface area contributed by atoms with Gasteiger partial charge in [-0.1, -0.05) is 0 Å². The minimum atomic E-state index is -2.89. The fourth-order valence-corrected chi connectivity index (χ4v) is 3.94. The Kier molecular flexibility index (Phi) is 2.41. The second-order valence-corrected chi connectivity index (χ2v) is 6.96. The van der Waals surface area contributed by atoms with Crippen LogP contribution in [-0.2, 0) is 9.84 Å². The van der Waals surface area contributed by atoms with E-state index in [2.05, 4.69) is 10.3 Å². The molecule has 1 atom stereocenters. The van der Waals surface area contributed by atoms with E-state index in [9.17, 15) is 8.42 Å². The summed E-state index contributed by atoms with van der Waals surface area (Å²) >= 11 is 0. The van der Waals surface area contributed by atoms with Crippen molar-refractivity contribution in [1.29, 1.82) is 0 Å². The lowest BCUT2D eigenvalue weighted by atomic mass is 10.0. The molecule has 86 valence electrons. The number of nitrogens with zero attached hydrogens (tertiary/aromatic N) is 1. The molecule has 0 aromatic heterocycles. The van der Waals surface area contributed by atoms with E-state index in [0.29, 0.717) is 18.4 Å². The van der Waals surface area contributed by atoms with Gasteiger partial charge < -0.3 is 11.1 Å². The van der Waals surface area contributed by atoms with Crippen LogP contribution in [0.25, 0.3) is 0 Å². The van der Waals surface area contributed by atoms with E-state index >= 15 is 0 Å². The minimum Gasteiger partial charge on any atom is -0.370 e. The van der Waals surface area contributed by atoms with Crippen LogP contribution in [0.2, 0.25) is 0 Å². The van der Waals surface area contributed by atoms with Crippen molar-refractivity contribution in [3.63, 3.8) is 0 Å². The quantitative estimate of drug-likeness (QED) is 0.501. The fraction of sp³-hybridized carbons (Fsp3) is 0.889. The highest BCUT2D eigenvalue weighted by molar-refractivity contribution is 7.91. The Morgan fingerprint density at radius 2 is 2.20 bits per heavy atom. The third-order valence-electron chi connectivity index (χ3n) is 2.80. The molecule has 0 aromatic rings. The number of hydrogen-bond donors (Lipinski definition) is 2. The van der Waals surface area contributed by atoms with Gasteiger partial charge in [-0.25, -0.2) is 8.42 Å². The molecule has 1 aliphatic carbocycles. The first-order valence-corrected chi connectivity index (χ1v) is 7.03. The molecular formula is C9H17N3O2S. The molecule has 1 unspecified atom stereocenters. The highest BCUT2D eigenvalue weighted by Gasteiger charge is 2.38. The van der Waals surface area contributed by atoms with Gasteiger partial charge in [0.1, 0.15) is 0 Å². The molecule has 6 heteroatoms. The van der Waals surface area contributed by atoms with Crippen LogP contribution >= 0.6 is 0 Å². The van der Waals surface area contributed by atoms with Crippen LogP contribution in [0.15, 0.2) is 4.99 Å². The average Bonchev–Trinajstić information content (AvgIpc) is 2.79. The highest BCUT2D eigenvalue weighted by atomic mass is 32.2. The summed E-state index contributed by atoms with van der Waals surface area (Å²) in [7, 11) is -2.89. The normalized spacial score (nSPS) is 35.4. The first-order chi connectivity index (χ1) is 6.89. The number of rotatable bonds is 2. The Morgan fingerprint density at radius 1 is 1.53 bits per heavy atom. The Labute approximate surface area is 90.1 Å². The van der Waals surface area contributed by atoms with Crippen LogP contribution in [-0.4, -0.2) is 37.5 Å². The third kappa shape index (κ3) is 2.84. The van der Waals surface area contributed by atoms with E-state index in [0.717, 1.165) is 12.8 Å². The zero-order valence-corrected chi connectivity index (χ0v) is 9.68. The van der Waals surface area contributed by atoms with Crippen LogP contribution in [0.4, 0.5) is 0 Å². The smallest absolute Gasteiger partial charge is 0.189 e. The summed E-state index contributed by atoms with van der Waals surface area (Å²) in [5.41, 5.74) is 5.28. The van der Waals surface area contributed by atoms with Crippen molar-refractivity contribution in [3.05, 3.63) is 0 Å². The lowest BCUT2D eigenvalue weighted by molar-refractivity contribution is 0.469. The van der Waals surface area contributed by atoms with Crippen molar-refractivity contribution in [2.75, 3.05) is 11.5 Å². The Balaban J connectivity index is 1.99. The maximum absolute atomic E-state index is 11.3. The standard InChI is InChI=1S/C9H17N3O2S/c1-9(4-5-15(13,14)6-9)12-8(10)11-7-2-3-7/h7H,2-6H2,1H3,(H3,10,11,12). The Morgan fingerprint density at radius 3 is 2.67 bits per heavy atom. The average molecular weight is 231 g/mol. The van der Waals surface area contributed by atoms with Crippen LogP contribution in [0.1, 0.15) is 26.2 Å². The maximum Gasteiger partial charge on any atom is 0.189 e. The summed E-state index contributed by atoms with van der Waals surface area (Å²) in [4.78, 5) is 4.23. The van der Waals surface area contributed by atoms with Crippen LogP contribution in [0.3, 0.4) is 0 Å². The van der Waals surface area contributed by atoms with Gasteiger partial charge in [0.15, 0.2) is 15.8 Å². The summed E-state index contributed by atoms with van der Waals surface area (Å²) in [6.07, 6.45) is 2.80. The fourth-order valence-electron chi connectivity index (χ4n) is 1.85. The van der Waals surface area contributed by atoms with Crippen LogP contribution in [0, 0.1) is 0 Å². The highest BCUT2D eigenvalue weighted by Crippen LogP contribution is 2.25. The lowest BCUT2D eigenvalue weighted by Gasteiger charge is -2.24. The molecule has 15 heavy (non-hydrogen) atoms. The first kappa shape index (κ1) is 10.7. The van der Waals surface area contributed by atoms with Gasteiger partial charge in [-0.15, -0.1) is 0 Å². The molecule has 2 rings (SSSR count). The van der Waals surface area contributed by atoms with Crippen LogP contribution < -0.4 is 11.1 Å². The number of hydrogen-bond acceptors (Lipinski definition) is 3. The molecule has 0 bridgehead atoms. The van der Waals surface area contributed by atoms with Gasteiger partial charge in [0.05, 0.1) is 23.1 Å². The van der Waals surface area contributed by atoms with Crippen molar-refractivity contribution in [1.82, 2.24) is 5.32 Å². The zero-order chi connectivity index (χ0) is 11.1. The molecule has 0 amide bonds. The van der Waals surface area contributed by atoms with Gasteiger partial charge >= 0.3 is 0 Å². The topological polar surface area (TPSA) is 84.5 Å². The maximum atomic E-state index is 11.3. The predicted molar refractivity (Wildman–Crippen MR) is 59.5 cm³/mol. The summed E-state index contributed by atoms with van der Waals surface area (Å²) in [6.45, 7) is 1.88. The number of nitrogens with two attached hydrogens (primary N) is 1. The molecule has 3 N–H and O–H groups in total. The van der Waals surface area contributed by atoms with E-state index in [1.165, 1.54) is 0 Å². The molecule has 1 heterocycles. The van der Waals surface area contributed by atoms with Crippen molar-refractivity contribution in [2.24, 2.45) is 10.7 Å². The van der Waals surface area contributed by atoms with Crippen molar-refractivity contribution in [3.8, 4) is 0 Å².